The van der Waals surface area contributed by atoms with Gasteiger partial charge in [0.2, 0.25) is 0 Å². The summed E-state index contributed by atoms with van der Waals surface area (Å²) in [5, 5.41) is 0. The number of nitrogens with zero attached hydrogens (tertiary/aromatic N) is 1. The van der Waals surface area contributed by atoms with Crippen molar-refractivity contribution in [2.75, 3.05) is 0 Å². The lowest BCUT2D eigenvalue weighted by atomic mass is 10.1. The van der Waals surface area contributed by atoms with Gasteiger partial charge in [0, 0.05) is 24.0 Å². The number of aromatic nitrogens is 1. The van der Waals surface area contributed by atoms with Gasteiger partial charge in [-0.1, -0.05) is 70.4 Å². The van der Waals surface area contributed by atoms with Gasteiger partial charge >= 0.3 is 5.97 Å². The van der Waals surface area contributed by atoms with Gasteiger partial charge in [0.15, 0.2) is 0 Å². The average molecular weight is 317 g/mol. The second-order valence-corrected chi connectivity index (χ2v) is 5.99. The number of unbranched alkanes of at least 4 members (excludes halogenated alkanes) is 9. The van der Waals surface area contributed by atoms with Crippen LogP contribution in [0.1, 0.15) is 76.7 Å². The molecule has 3 heteroatoms. The Balaban J connectivity index is 1.92. The first-order valence-corrected chi connectivity index (χ1v) is 9.05. The molecule has 0 aliphatic heterocycles. The molecule has 0 amide bonds. The highest BCUT2D eigenvalue weighted by Gasteiger charge is 1.98. The van der Waals surface area contributed by atoms with Gasteiger partial charge in [-0.25, -0.2) is 4.79 Å². The lowest BCUT2D eigenvalue weighted by molar-refractivity contribution is -0.139. The monoisotopic (exact) mass is 317 g/mol. The Hall–Kier alpha value is -1.64. The first-order valence-electron chi connectivity index (χ1n) is 9.05. The minimum absolute atomic E-state index is 0.273. The molecule has 0 radical (unpaired) electrons. The first kappa shape index (κ1) is 19.4. The van der Waals surface area contributed by atoms with E-state index in [0.717, 1.165) is 18.4 Å². The summed E-state index contributed by atoms with van der Waals surface area (Å²) in [6.45, 7) is 2.54. The van der Waals surface area contributed by atoms with E-state index in [0.29, 0.717) is 0 Å². The molecule has 1 rings (SSSR count). The number of hydrogen-bond donors (Lipinski definition) is 0. The molecule has 1 aromatic rings. The van der Waals surface area contributed by atoms with Crippen LogP contribution in [0.15, 0.2) is 36.7 Å². The van der Waals surface area contributed by atoms with Gasteiger partial charge in [-0.3, -0.25) is 4.98 Å². The Morgan fingerprint density at radius 3 is 2.43 bits per heavy atom. The third-order valence-corrected chi connectivity index (χ3v) is 3.83. The summed E-state index contributed by atoms with van der Waals surface area (Å²) in [5.74, 6) is -0.273. The summed E-state index contributed by atoms with van der Waals surface area (Å²) in [6.07, 6.45) is 19.7. The van der Waals surface area contributed by atoms with Crippen molar-refractivity contribution in [3.8, 4) is 0 Å². The molecular formula is C20H31NO2. The standard InChI is InChI=1S/C20H31NO2/c1-2-3-4-5-6-7-8-9-10-11-12-15-20(22)23-18-19-14-13-16-21-17-19/h12-17H,2-11,18H2,1H3/b15-12-. The number of carbonyl (C=O) groups is 1. The van der Waals surface area contributed by atoms with Crippen LogP contribution in [0.3, 0.4) is 0 Å². The molecule has 1 heterocycles. The van der Waals surface area contributed by atoms with Gasteiger partial charge in [-0.2, -0.15) is 0 Å². The molecule has 0 spiro atoms. The maximum atomic E-state index is 11.5. The number of pyridine rings is 1. The van der Waals surface area contributed by atoms with E-state index in [1.165, 1.54) is 51.4 Å². The second kappa shape index (κ2) is 14.0. The molecule has 1 aromatic heterocycles. The third kappa shape index (κ3) is 11.6. The van der Waals surface area contributed by atoms with Crippen molar-refractivity contribution in [3.63, 3.8) is 0 Å². The van der Waals surface area contributed by atoms with Gasteiger partial charge in [0.1, 0.15) is 6.61 Å². The summed E-state index contributed by atoms with van der Waals surface area (Å²) in [7, 11) is 0. The zero-order chi connectivity index (χ0) is 16.6. The fourth-order valence-electron chi connectivity index (χ4n) is 2.44. The minimum atomic E-state index is -0.273. The van der Waals surface area contributed by atoms with Crippen LogP contribution >= 0.6 is 0 Å². The van der Waals surface area contributed by atoms with Gasteiger partial charge in [-0.15, -0.1) is 0 Å². The topological polar surface area (TPSA) is 39.2 Å². The van der Waals surface area contributed by atoms with E-state index in [9.17, 15) is 4.79 Å². The maximum Gasteiger partial charge on any atom is 0.330 e. The molecule has 0 aliphatic rings. The first-order chi connectivity index (χ1) is 11.3. The Kier molecular flexibility index (Phi) is 11.8. The Labute approximate surface area is 141 Å². The minimum Gasteiger partial charge on any atom is -0.458 e. The largest absolute Gasteiger partial charge is 0.458 e. The lowest BCUT2D eigenvalue weighted by Crippen LogP contribution is -2.00. The van der Waals surface area contributed by atoms with Crippen LogP contribution in [0.5, 0.6) is 0 Å². The number of allylic oxidation sites excluding steroid dienone is 1. The van der Waals surface area contributed by atoms with Crippen LogP contribution in [0.2, 0.25) is 0 Å². The smallest absolute Gasteiger partial charge is 0.330 e. The van der Waals surface area contributed by atoms with Crippen LogP contribution < -0.4 is 0 Å². The molecule has 0 unspecified atom stereocenters. The summed E-state index contributed by atoms with van der Waals surface area (Å²) in [5.41, 5.74) is 0.910. The van der Waals surface area contributed by atoms with E-state index < -0.39 is 0 Å². The van der Waals surface area contributed by atoms with Crippen molar-refractivity contribution in [1.29, 1.82) is 0 Å². The van der Waals surface area contributed by atoms with Crippen molar-refractivity contribution in [1.82, 2.24) is 4.98 Å². The fourth-order valence-corrected chi connectivity index (χ4v) is 2.44. The number of carbonyl (C=O) groups excluding carboxylic acids is 1. The zero-order valence-corrected chi connectivity index (χ0v) is 14.5. The van der Waals surface area contributed by atoms with Crippen LogP contribution in [-0.2, 0) is 16.1 Å². The predicted molar refractivity (Wildman–Crippen MR) is 95.0 cm³/mol. The fraction of sp³-hybridized carbons (Fsp3) is 0.600. The van der Waals surface area contributed by atoms with E-state index in [-0.39, 0.29) is 12.6 Å². The highest BCUT2D eigenvalue weighted by atomic mass is 16.5. The normalized spacial score (nSPS) is 11.0. The number of rotatable bonds is 13. The maximum absolute atomic E-state index is 11.5. The molecule has 0 N–H and O–H groups in total. The van der Waals surface area contributed by atoms with Crippen molar-refractivity contribution in [3.05, 3.63) is 42.2 Å². The molecule has 3 nitrogen and oxygen atoms in total. The van der Waals surface area contributed by atoms with Crippen molar-refractivity contribution < 1.29 is 9.53 Å². The van der Waals surface area contributed by atoms with Crippen LogP contribution in [-0.4, -0.2) is 11.0 Å². The zero-order valence-electron chi connectivity index (χ0n) is 14.5. The molecule has 0 atom stereocenters. The molecule has 0 aromatic carbocycles. The SMILES string of the molecule is CCCCCCCCCCC/C=C\C(=O)OCc1cccnc1. The van der Waals surface area contributed by atoms with E-state index in [2.05, 4.69) is 11.9 Å². The molecule has 0 aliphatic carbocycles. The lowest BCUT2D eigenvalue weighted by Gasteiger charge is -2.01. The predicted octanol–water partition coefficient (Wildman–Crippen LogP) is 5.60. The molecule has 0 saturated heterocycles. The van der Waals surface area contributed by atoms with Gasteiger partial charge in [0.25, 0.3) is 0 Å². The quantitative estimate of drug-likeness (QED) is 0.270. The van der Waals surface area contributed by atoms with Crippen molar-refractivity contribution >= 4 is 5.97 Å². The second-order valence-electron chi connectivity index (χ2n) is 5.99. The molecule has 0 fully saturated rings. The van der Waals surface area contributed by atoms with E-state index >= 15 is 0 Å². The van der Waals surface area contributed by atoms with Gasteiger partial charge in [-0.05, 0) is 18.9 Å². The summed E-state index contributed by atoms with van der Waals surface area (Å²) >= 11 is 0. The van der Waals surface area contributed by atoms with Crippen LogP contribution in [0.25, 0.3) is 0 Å². The number of hydrogen-bond acceptors (Lipinski definition) is 3. The van der Waals surface area contributed by atoms with E-state index in [1.54, 1.807) is 18.5 Å². The Morgan fingerprint density at radius 1 is 1.09 bits per heavy atom. The van der Waals surface area contributed by atoms with Gasteiger partial charge < -0.3 is 4.74 Å². The summed E-state index contributed by atoms with van der Waals surface area (Å²) < 4.78 is 5.15. The molecule has 0 bridgehead atoms. The molecular weight excluding hydrogens is 286 g/mol. The summed E-state index contributed by atoms with van der Waals surface area (Å²) in [6, 6.07) is 3.73. The highest BCUT2D eigenvalue weighted by Crippen LogP contribution is 2.10. The summed E-state index contributed by atoms with van der Waals surface area (Å²) in [4.78, 5) is 15.5. The average Bonchev–Trinajstić information content (AvgIpc) is 2.59. The van der Waals surface area contributed by atoms with Crippen molar-refractivity contribution in [2.45, 2.75) is 77.7 Å². The Bertz CT molecular complexity index is 429. The van der Waals surface area contributed by atoms with E-state index in [4.69, 9.17) is 4.74 Å². The Morgan fingerprint density at radius 2 is 1.78 bits per heavy atom. The molecule has 23 heavy (non-hydrogen) atoms. The van der Waals surface area contributed by atoms with Crippen LogP contribution in [0, 0.1) is 0 Å². The molecule has 128 valence electrons. The number of ether oxygens (including phenoxy) is 1. The van der Waals surface area contributed by atoms with Crippen LogP contribution in [0.4, 0.5) is 0 Å². The van der Waals surface area contributed by atoms with Crippen molar-refractivity contribution in [2.24, 2.45) is 0 Å². The third-order valence-electron chi connectivity index (χ3n) is 3.83. The highest BCUT2D eigenvalue weighted by molar-refractivity contribution is 5.81. The number of esters is 1. The van der Waals surface area contributed by atoms with E-state index in [1.807, 2.05) is 18.2 Å². The van der Waals surface area contributed by atoms with Gasteiger partial charge in [0.05, 0.1) is 0 Å². The molecule has 0 saturated carbocycles.